The van der Waals surface area contributed by atoms with Gasteiger partial charge in [0.2, 0.25) is 15.2 Å². The molecule has 1 atom stereocenters. The summed E-state index contributed by atoms with van der Waals surface area (Å²) >= 11 is 1.29. The zero-order chi connectivity index (χ0) is 22.3. The molecule has 1 heterocycles. The van der Waals surface area contributed by atoms with Crippen LogP contribution in [0.2, 0.25) is 0 Å². The topological polar surface area (TPSA) is 93.2 Å². The van der Waals surface area contributed by atoms with E-state index in [1.54, 1.807) is 31.4 Å². The molecule has 0 saturated carbocycles. The highest BCUT2D eigenvalue weighted by molar-refractivity contribution is 7.89. The first-order valence-electron chi connectivity index (χ1n) is 10.2. The monoisotopic (exact) mass is 460 g/mol. The van der Waals surface area contributed by atoms with Crippen molar-refractivity contribution in [2.75, 3.05) is 19.0 Å². The minimum absolute atomic E-state index is 0.214. The van der Waals surface area contributed by atoms with Crippen LogP contribution in [0.3, 0.4) is 0 Å². The van der Waals surface area contributed by atoms with Gasteiger partial charge in [0.25, 0.3) is 0 Å². The number of hydrogen-bond acceptors (Lipinski definition) is 7. The van der Waals surface area contributed by atoms with E-state index in [0.717, 1.165) is 17.8 Å². The highest BCUT2D eigenvalue weighted by Gasteiger charge is 2.20. The molecule has 0 aliphatic carbocycles. The average molecular weight is 461 g/mol. The molecule has 2 aromatic carbocycles. The fourth-order valence-corrected chi connectivity index (χ4v) is 4.95. The lowest BCUT2D eigenvalue weighted by Gasteiger charge is -2.18. The Morgan fingerprint density at radius 1 is 1.10 bits per heavy atom. The van der Waals surface area contributed by atoms with Crippen LogP contribution in [0.25, 0.3) is 0 Å². The van der Waals surface area contributed by atoms with Gasteiger partial charge in [-0.15, -0.1) is 0 Å². The Hall–Kier alpha value is -2.49. The molecular formula is C22H28N4O3S2. The van der Waals surface area contributed by atoms with Crippen molar-refractivity contribution in [2.24, 2.45) is 0 Å². The van der Waals surface area contributed by atoms with Gasteiger partial charge in [-0.2, -0.15) is 4.37 Å². The summed E-state index contributed by atoms with van der Waals surface area (Å²) in [7, 11) is -2.08. The molecule has 3 rings (SSSR count). The second kappa shape index (κ2) is 10.7. The summed E-state index contributed by atoms with van der Waals surface area (Å²) in [5.74, 6) is 1.37. The van der Waals surface area contributed by atoms with Gasteiger partial charge in [0.1, 0.15) is 11.6 Å². The molecule has 0 fully saturated rings. The van der Waals surface area contributed by atoms with Crippen LogP contribution in [-0.2, 0) is 16.4 Å². The van der Waals surface area contributed by atoms with Gasteiger partial charge in [-0.05, 0) is 43.2 Å². The van der Waals surface area contributed by atoms with Crippen LogP contribution in [0.5, 0.6) is 5.75 Å². The van der Waals surface area contributed by atoms with E-state index in [4.69, 9.17) is 4.74 Å². The number of aryl methyl sites for hydroxylation is 1. The Labute approximate surface area is 188 Å². The predicted octanol–water partition coefficient (Wildman–Crippen LogP) is 4.01. The molecule has 2 N–H and O–H groups in total. The molecule has 1 aromatic heterocycles. The molecule has 31 heavy (non-hydrogen) atoms. The van der Waals surface area contributed by atoms with Crippen LogP contribution in [0.15, 0.2) is 53.4 Å². The number of ether oxygens (including phenoxy) is 1. The highest BCUT2D eigenvalue weighted by atomic mass is 32.2. The van der Waals surface area contributed by atoms with Crippen LogP contribution >= 0.6 is 11.5 Å². The third-order valence-electron chi connectivity index (χ3n) is 4.78. The van der Waals surface area contributed by atoms with Gasteiger partial charge in [-0.3, -0.25) is 0 Å². The number of anilines is 1. The van der Waals surface area contributed by atoms with Crippen molar-refractivity contribution in [1.82, 2.24) is 14.1 Å². The minimum Gasteiger partial charge on any atom is -0.497 e. The van der Waals surface area contributed by atoms with Crippen molar-refractivity contribution >= 4 is 26.7 Å². The third-order valence-corrected chi connectivity index (χ3v) is 7.03. The summed E-state index contributed by atoms with van der Waals surface area (Å²) < 4.78 is 37.8. The van der Waals surface area contributed by atoms with E-state index < -0.39 is 10.0 Å². The summed E-state index contributed by atoms with van der Waals surface area (Å²) in [4.78, 5) is 4.75. The Bertz CT molecular complexity index is 1060. The molecule has 0 saturated heterocycles. The van der Waals surface area contributed by atoms with Crippen LogP contribution in [0.1, 0.15) is 36.7 Å². The zero-order valence-electron chi connectivity index (χ0n) is 18.0. The van der Waals surface area contributed by atoms with Crippen molar-refractivity contribution in [1.29, 1.82) is 0 Å². The minimum atomic E-state index is -3.63. The summed E-state index contributed by atoms with van der Waals surface area (Å²) in [6.07, 6.45) is 2.23. The predicted molar refractivity (Wildman–Crippen MR) is 124 cm³/mol. The van der Waals surface area contributed by atoms with Gasteiger partial charge in [-0.25, -0.2) is 18.1 Å². The Morgan fingerprint density at radius 2 is 1.81 bits per heavy atom. The number of rotatable bonds is 11. The number of nitrogens with zero attached hydrogens (tertiary/aromatic N) is 2. The summed E-state index contributed by atoms with van der Waals surface area (Å²) in [6, 6.07) is 14.4. The lowest BCUT2D eigenvalue weighted by molar-refractivity contribution is 0.414. The first kappa shape index (κ1) is 23.2. The van der Waals surface area contributed by atoms with Gasteiger partial charge < -0.3 is 10.1 Å². The van der Waals surface area contributed by atoms with Gasteiger partial charge in [-0.1, -0.05) is 43.2 Å². The SMILES string of the molecule is CCCC(CNc1nc(Cc2ccc(C)cc2)ns1)NS(=O)(=O)c1ccc(OC)cc1. The van der Waals surface area contributed by atoms with E-state index in [1.165, 1.54) is 17.1 Å². The van der Waals surface area contributed by atoms with E-state index in [2.05, 4.69) is 50.6 Å². The molecule has 1 unspecified atom stereocenters. The smallest absolute Gasteiger partial charge is 0.240 e. The Morgan fingerprint density at radius 3 is 2.45 bits per heavy atom. The second-order valence-corrected chi connectivity index (χ2v) is 9.81. The first-order chi connectivity index (χ1) is 14.9. The fraction of sp³-hybridized carbons (Fsp3) is 0.364. The Balaban J connectivity index is 1.60. The summed E-state index contributed by atoms with van der Waals surface area (Å²) in [5.41, 5.74) is 2.38. The zero-order valence-corrected chi connectivity index (χ0v) is 19.6. The van der Waals surface area contributed by atoms with E-state index in [-0.39, 0.29) is 10.9 Å². The number of hydrogen-bond donors (Lipinski definition) is 2. The van der Waals surface area contributed by atoms with Crippen LogP contribution < -0.4 is 14.8 Å². The molecule has 0 aliphatic rings. The van der Waals surface area contributed by atoms with Gasteiger partial charge in [0.15, 0.2) is 0 Å². The normalized spacial score (nSPS) is 12.5. The number of aromatic nitrogens is 2. The maximum Gasteiger partial charge on any atom is 0.240 e. The van der Waals surface area contributed by atoms with E-state index in [1.807, 2.05) is 6.92 Å². The fourth-order valence-electron chi connectivity index (χ4n) is 3.09. The maximum atomic E-state index is 12.8. The van der Waals surface area contributed by atoms with E-state index in [0.29, 0.717) is 30.3 Å². The van der Waals surface area contributed by atoms with Gasteiger partial charge in [0.05, 0.1) is 12.0 Å². The van der Waals surface area contributed by atoms with Crippen molar-refractivity contribution in [2.45, 2.75) is 44.0 Å². The summed E-state index contributed by atoms with van der Waals surface area (Å²) in [6.45, 7) is 4.52. The van der Waals surface area contributed by atoms with Crippen molar-refractivity contribution in [3.8, 4) is 5.75 Å². The third kappa shape index (κ3) is 6.75. The molecule has 166 valence electrons. The van der Waals surface area contributed by atoms with Crippen LogP contribution in [0, 0.1) is 6.92 Å². The molecule has 0 amide bonds. The molecule has 3 aromatic rings. The molecule has 0 aliphatic heterocycles. The average Bonchev–Trinajstić information content (AvgIpc) is 3.21. The van der Waals surface area contributed by atoms with Gasteiger partial charge in [0, 0.05) is 30.5 Å². The quantitative estimate of drug-likeness (QED) is 0.449. The van der Waals surface area contributed by atoms with Crippen molar-refractivity contribution in [3.05, 3.63) is 65.5 Å². The number of benzene rings is 2. The van der Waals surface area contributed by atoms with E-state index in [9.17, 15) is 8.42 Å². The van der Waals surface area contributed by atoms with Crippen molar-refractivity contribution in [3.63, 3.8) is 0 Å². The molecule has 0 spiro atoms. The van der Waals surface area contributed by atoms with E-state index >= 15 is 0 Å². The second-order valence-electron chi connectivity index (χ2n) is 7.34. The Kier molecular flexibility index (Phi) is 8.00. The highest BCUT2D eigenvalue weighted by Crippen LogP contribution is 2.18. The number of methoxy groups -OCH3 is 1. The molecule has 0 radical (unpaired) electrons. The van der Waals surface area contributed by atoms with Crippen LogP contribution in [-0.4, -0.2) is 37.5 Å². The standard InChI is InChI=1S/C22H28N4O3S2/c1-4-5-18(26-31(27,28)20-12-10-19(29-3)11-13-20)15-23-22-24-21(25-30-22)14-17-8-6-16(2)7-9-17/h6-13,18,26H,4-5,14-15H2,1-3H3,(H,23,24,25). The number of nitrogens with one attached hydrogen (secondary N) is 2. The molecule has 9 heteroatoms. The molecule has 0 bridgehead atoms. The molecular weight excluding hydrogens is 432 g/mol. The summed E-state index contributed by atoms with van der Waals surface area (Å²) in [5, 5.41) is 3.92. The largest absolute Gasteiger partial charge is 0.497 e. The first-order valence-corrected chi connectivity index (χ1v) is 12.4. The van der Waals surface area contributed by atoms with Crippen molar-refractivity contribution < 1.29 is 13.2 Å². The van der Waals surface area contributed by atoms with Crippen LogP contribution in [0.4, 0.5) is 5.13 Å². The van der Waals surface area contributed by atoms with Gasteiger partial charge >= 0.3 is 0 Å². The maximum absolute atomic E-state index is 12.8. The lowest BCUT2D eigenvalue weighted by Crippen LogP contribution is -2.39. The lowest BCUT2D eigenvalue weighted by atomic mass is 10.1. The number of sulfonamides is 1. The molecule has 7 nitrogen and oxygen atoms in total.